The Kier molecular flexibility index (Phi) is 3.71. The Morgan fingerprint density at radius 1 is 1.24 bits per heavy atom. The van der Waals surface area contributed by atoms with Crippen LogP contribution in [0.2, 0.25) is 0 Å². The van der Waals surface area contributed by atoms with Crippen LogP contribution in [0.3, 0.4) is 0 Å². The van der Waals surface area contributed by atoms with Crippen molar-refractivity contribution in [2.45, 2.75) is 19.4 Å². The molecule has 1 atom stereocenters. The minimum Gasteiger partial charge on any atom is -0.331 e. The number of benzene rings is 1. The highest BCUT2D eigenvalue weighted by atomic mass is 15.1. The Morgan fingerprint density at radius 2 is 2.05 bits per heavy atom. The van der Waals surface area contributed by atoms with Crippen LogP contribution >= 0.6 is 0 Å². The SMILES string of the molecule is CNC(Cc1nc2ccccc2n1C)c1ccnc(C)c1. The van der Waals surface area contributed by atoms with E-state index in [4.69, 9.17) is 4.98 Å². The molecule has 4 heteroatoms. The van der Waals surface area contributed by atoms with E-state index in [9.17, 15) is 0 Å². The molecule has 0 bridgehead atoms. The van der Waals surface area contributed by atoms with E-state index in [2.05, 4.69) is 52.2 Å². The van der Waals surface area contributed by atoms with Crippen molar-refractivity contribution in [2.24, 2.45) is 7.05 Å². The second-order valence-corrected chi connectivity index (χ2v) is 5.35. The molecular formula is C17H20N4. The highest BCUT2D eigenvalue weighted by Crippen LogP contribution is 2.21. The summed E-state index contributed by atoms with van der Waals surface area (Å²) in [5.74, 6) is 1.09. The molecule has 21 heavy (non-hydrogen) atoms. The van der Waals surface area contributed by atoms with E-state index in [0.29, 0.717) is 0 Å². The van der Waals surface area contributed by atoms with Gasteiger partial charge in [0.2, 0.25) is 0 Å². The Bertz CT molecular complexity index is 760. The lowest BCUT2D eigenvalue weighted by Gasteiger charge is -2.16. The molecule has 1 aromatic carbocycles. The second-order valence-electron chi connectivity index (χ2n) is 5.35. The Balaban J connectivity index is 1.94. The summed E-state index contributed by atoms with van der Waals surface area (Å²) in [6, 6.07) is 12.7. The molecule has 0 aliphatic carbocycles. The molecule has 0 amide bonds. The summed E-state index contributed by atoms with van der Waals surface area (Å²) in [7, 11) is 4.07. The maximum absolute atomic E-state index is 4.76. The van der Waals surface area contributed by atoms with Gasteiger partial charge < -0.3 is 9.88 Å². The lowest BCUT2D eigenvalue weighted by atomic mass is 10.0. The zero-order chi connectivity index (χ0) is 14.8. The minimum atomic E-state index is 0.238. The second kappa shape index (κ2) is 5.66. The first-order valence-corrected chi connectivity index (χ1v) is 7.19. The van der Waals surface area contributed by atoms with Crippen LogP contribution in [0.5, 0.6) is 0 Å². The first-order chi connectivity index (χ1) is 10.2. The van der Waals surface area contributed by atoms with Crippen LogP contribution in [0.25, 0.3) is 11.0 Å². The fraction of sp³-hybridized carbons (Fsp3) is 0.294. The van der Waals surface area contributed by atoms with Crippen molar-refractivity contribution in [3.05, 3.63) is 59.7 Å². The highest BCUT2D eigenvalue weighted by molar-refractivity contribution is 5.75. The van der Waals surface area contributed by atoms with E-state index in [-0.39, 0.29) is 6.04 Å². The molecule has 0 saturated carbocycles. The van der Waals surface area contributed by atoms with Crippen molar-refractivity contribution in [1.29, 1.82) is 0 Å². The fourth-order valence-corrected chi connectivity index (χ4v) is 2.73. The molecule has 3 rings (SSSR count). The third-order valence-corrected chi connectivity index (χ3v) is 3.94. The van der Waals surface area contributed by atoms with Crippen molar-refractivity contribution in [3.63, 3.8) is 0 Å². The number of hydrogen-bond donors (Lipinski definition) is 1. The Morgan fingerprint density at radius 3 is 2.76 bits per heavy atom. The molecule has 0 spiro atoms. The van der Waals surface area contributed by atoms with Crippen molar-refractivity contribution >= 4 is 11.0 Å². The van der Waals surface area contributed by atoms with E-state index < -0.39 is 0 Å². The number of imidazole rings is 1. The predicted molar refractivity (Wildman–Crippen MR) is 85.2 cm³/mol. The topological polar surface area (TPSA) is 42.7 Å². The third-order valence-electron chi connectivity index (χ3n) is 3.94. The first-order valence-electron chi connectivity index (χ1n) is 7.19. The number of fused-ring (bicyclic) bond motifs is 1. The quantitative estimate of drug-likeness (QED) is 0.799. The lowest BCUT2D eigenvalue weighted by Crippen LogP contribution is -2.20. The third kappa shape index (κ3) is 2.67. The zero-order valence-electron chi connectivity index (χ0n) is 12.7. The number of nitrogens with zero attached hydrogens (tertiary/aromatic N) is 3. The van der Waals surface area contributed by atoms with Gasteiger partial charge in [0, 0.05) is 31.4 Å². The van der Waals surface area contributed by atoms with Crippen LogP contribution in [-0.4, -0.2) is 21.6 Å². The van der Waals surface area contributed by atoms with E-state index in [0.717, 1.165) is 23.5 Å². The van der Waals surface area contributed by atoms with Gasteiger partial charge in [-0.2, -0.15) is 0 Å². The van der Waals surface area contributed by atoms with E-state index in [1.165, 1.54) is 11.1 Å². The molecule has 0 aliphatic rings. The fourth-order valence-electron chi connectivity index (χ4n) is 2.73. The largest absolute Gasteiger partial charge is 0.331 e. The van der Waals surface area contributed by atoms with Gasteiger partial charge in [0.15, 0.2) is 0 Å². The number of rotatable bonds is 4. The average molecular weight is 280 g/mol. The van der Waals surface area contributed by atoms with Gasteiger partial charge in [-0.25, -0.2) is 4.98 Å². The van der Waals surface area contributed by atoms with E-state index >= 15 is 0 Å². The van der Waals surface area contributed by atoms with Crippen molar-refractivity contribution in [3.8, 4) is 0 Å². The number of nitrogens with one attached hydrogen (secondary N) is 1. The molecule has 0 fully saturated rings. The molecule has 1 N–H and O–H groups in total. The maximum atomic E-state index is 4.76. The Hall–Kier alpha value is -2.20. The van der Waals surface area contributed by atoms with Crippen molar-refractivity contribution in [2.75, 3.05) is 7.05 Å². The number of aryl methyl sites for hydroxylation is 2. The van der Waals surface area contributed by atoms with Crippen LogP contribution in [0.4, 0.5) is 0 Å². The van der Waals surface area contributed by atoms with Gasteiger partial charge >= 0.3 is 0 Å². The smallest absolute Gasteiger partial charge is 0.111 e. The summed E-state index contributed by atoms with van der Waals surface area (Å²) < 4.78 is 2.17. The minimum absolute atomic E-state index is 0.238. The van der Waals surface area contributed by atoms with Gasteiger partial charge in [-0.05, 0) is 43.8 Å². The van der Waals surface area contributed by atoms with Crippen LogP contribution < -0.4 is 5.32 Å². The number of para-hydroxylation sites is 2. The van der Waals surface area contributed by atoms with Crippen LogP contribution in [-0.2, 0) is 13.5 Å². The molecule has 0 aliphatic heterocycles. The summed E-state index contributed by atoms with van der Waals surface area (Å²) in [4.78, 5) is 9.02. The number of hydrogen-bond acceptors (Lipinski definition) is 3. The predicted octanol–water partition coefficient (Wildman–Crippen LogP) is 2.78. The molecule has 4 nitrogen and oxygen atoms in total. The monoisotopic (exact) mass is 280 g/mol. The summed E-state index contributed by atoms with van der Waals surface area (Å²) in [5.41, 5.74) is 4.51. The zero-order valence-corrected chi connectivity index (χ0v) is 12.7. The van der Waals surface area contributed by atoms with Crippen LogP contribution in [0.15, 0.2) is 42.6 Å². The number of aromatic nitrogens is 3. The molecule has 2 aromatic heterocycles. The lowest BCUT2D eigenvalue weighted by molar-refractivity contribution is 0.565. The van der Waals surface area contributed by atoms with E-state index in [1.54, 1.807) is 0 Å². The van der Waals surface area contributed by atoms with Gasteiger partial charge in [0.1, 0.15) is 5.82 Å². The average Bonchev–Trinajstić information content (AvgIpc) is 2.81. The van der Waals surface area contributed by atoms with E-state index in [1.807, 2.05) is 26.2 Å². The standard InChI is InChI=1S/C17H20N4/c1-12-10-13(8-9-19-12)15(18-2)11-17-20-14-6-4-5-7-16(14)21(17)3/h4-10,15,18H,11H2,1-3H3. The molecular weight excluding hydrogens is 260 g/mol. The normalized spacial score (nSPS) is 12.7. The number of likely N-dealkylation sites (N-methyl/N-ethyl adjacent to an activating group) is 1. The molecule has 2 heterocycles. The number of pyridine rings is 1. The molecule has 0 radical (unpaired) electrons. The molecule has 108 valence electrons. The Labute approximate surface area is 124 Å². The van der Waals surface area contributed by atoms with Crippen LogP contribution in [0.1, 0.15) is 23.1 Å². The van der Waals surface area contributed by atoms with Gasteiger partial charge in [0.25, 0.3) is 0 Å². The van der Waals surface area contributed by atoms with Crippen molar-refractivity contribution < 1.29 is 0 Å². The van der Waals surface area contributed by atoms with Gasteiger partial charge in [-0.3, -0.25) is 4.98 Å². The van der Waals surface area contributed by atoms with Crippen LogP contribution in [0, 0.1) is 6.92 Å². The molecule has 3 aromatic rings. The summed E-state index contributed by atoms with van der Waals surface area (Å²) in [5, 5.41) is 3.38. The highest BCUT2D eigenvalue weighted by Gasteiger charge is 2.15. The summed E-state index contributed by atoms with van der Waals surface area (Å²) >= 11 is 0. The van der Waals surface area contributed by atoms with Gasteiger partial charge in [-0.15, -0.1) is 0 Å². The van der Waals surface area contributed by atoms with Gasteiger partial charge in [0.05, 0.1) is 11.0 Å². The molecule has 0 saturated heterocycles. The maximum Gasteiger partial charge on any atom is 0.111 e. The summed E-state index contributed by atoms with van der Waals surface area (Å²) in [6.07, 6.45) is 2.72. The van der Waals surface area contributed by atoms with Crippen molar-refractivity contribution in [1.82, 2.24) is 19.9 Å². The summed E-state index contributed by atoms with van der Waals surface area (Å²) in [6.45, 7) is 2.02. The first kappa shape index (κ1) is 13.8. The van der Waals surface area contributed by atoms with Gasteiger partial charge in [-0.1, -0.05) is 12.1 Å². The molecule has 1 unspecified atom stereocenters.